The predicted molar refractivity (Wildman–Crippen MR) is 344 cm³/mol. The number of esters is 3. The zero-order valence-corrected chi connectivity index (χ0v) is 53.4. The van der Waals surface area contributed by atoms with E-state index in [0.717, 1.165) is 77.0 Å². The molecule has 0 amide bonds. The van der Waals surface area contributed by atoms with Crippen LogP contribution in [0.1, 0.15) is 393 Å². The van der Waals surface area contributed by atoms with Crippen LogP contribution in [0.15, 0.2) is 36.5 Å². The van der Waals surface area contributed by atoms with Gasteiger partial charge >= 0.3 is 17.9 Å². The number of rotatable bonds is 66. The normalized spacial score (nSPS) is 12.2. The zero-order valence-electron chi connectivity index (χ0n) is 53.4. The Kier molecular flexibility index (Phi) is 66.1. The third-order valence-electron chi connectivity index (χ3n) is 16.1. The molecule has 0 N–H and O–H groups in total. The fraction of sp³-hybridized carbons (Fsp3) is 0.877. The lowest BCUT2D eigenvalue weighted by Crippen LogP contribution is -2.30. The Bertz CT molecular complexity index is 1320. The number of unbranched alkanes of at least 4 members (excludes halogenated alkanes) is 49. The molecule has 0 radical (unpaired) electrons. The Morgan fingerprint density at radius 3 is 0.709 bits per heavy atom. The minimum atomic E-state index is -0.774. The Labute approximate surface area is 493 Å². The van der Waals surface area contributed by atoms with Gasteiger partial charge in [-0.15, -0.1) is 0 Å². The standard InChI is InChI=1S/C73H136O6/c1-4-7-10-13-16-19-22-25-28-30-32-34-36-38-39-41-43-45-48-51-54-57-60-63-66-72(75)78-69-70(68-77-71(74)65-62-59-56-53-50-47-27-24-21-18-15-12-9-6-3)79-73(76)67-64-61-58-55-52-49-46-44-42-40-37-35-33-31-29-26-23-20-17-14-11-8-5-2/h23,26,31,33,37,40,70H,4-22,24-25,27-30,32,34-36,38-39,41-69H2,1-3H3/b26-23-,33-31-,40-37-. The van der Waals surface area contributed by atoms with Gasteiger partial charge in [-0.05, 0) is 57.8 Å². The van der Waals surface area contributed by atoms with Crippen molar-refractivity contribution in [2.75, 3.05) is 13.2 Å². The highest BCUT2D eigenvalue weighted by Gasteiger charge is 2.19. The van der Waals surface area contributed by atoms with Gasteiger partial charge in [0.15, 0.2) is 6.10 Å². The molecule has 0 aliphatic heterocycles. The molecule has 0 fully saturated rings. The molecule has 0 bridgehead atoms. The number of hydrogen-bond donors (Lipinski definition) is 0. The first-order chi connectivity index (χ1) is 39.0. The van der Waals surface area contributed by atoms with Crippen LogP contribution in [0.25, 0.3) is 0 Å². The van der Waals surface area contributed by atoms with Crippen LogP contribution in [0.3, 0.4) is 0 Å². The number of hydrogen-bond acceptors (Lipinski definition) is 6. The molecule has 0 aromatic carbocycles. The molecule has 0 aromatic rings. The average molecular weight is 1110 g/mol. The maximum atomic E-state index is 13.0. The first kappa shape index (κ1) is 76.6. The fourth-order valence-electron chi connectivity index (χ4n) is 10.8. The summed E-state index contributed by atoms with van der Waals surface area (Å²) in [4.78, 5) is 38.4. The third kappa shape index (κ3) is 66.3. The van der Waals surface area contributed by atoms with Gasteiger partial charge in [-0.1, -0.05) is 353 Å². The predicted octanol–water partition coefficient (Wildman–Crippen LogP) is 24.3. The lowest BCUT2D eigenvalue weighted by atomic mass is 10.0. The molecule has 1 unspecified atom stereocenters. The van der Waals surface area contributed by atoms with Gasteiger partial charge in [0.1, 0.15) is 13.2 Å². The Hall–Kier alpha value is -2.37. The molecule has 0 saturated carbocycles. The van der Waals surface area contributed by atoms with Gasteiger partial charge in [-0.2, -0.15) is 0 Å². The molecule has 0 heterocycles. The molecule has 0 spiro atoms. The second-order valence-corrected chi connectivity index (χ2v) is 24.2. The number of allylic oxidation sites excluding steroid dienone is 6. The van der Waals surface area contributed by atoms with Gasteiger partial charge in [0.2, 0.25) is 0 Å². The van der Waals surface area contributed by atoms with Crippen LogP contribution >= 0.6 is 0 Å². The van der Waals surface area contributed by atoms with E-state index in [1.165, 1.54) is 276 Å². The second kappa shape index (κ2) is 68.1. The van der Waals surface area contributed by atoms with Crippen LogP contribution in [0.2, 0.25) is 0 Å². The van der Waals surface area contributed by atoms with E-state index in [0.29, 0.717) is 19.3 Å². The summed E-state index contributed by atoms with van der Waals surface area (Å²) >= 11 is 0. The van der Waals surface area contributed by atoms with Crippen LogP contribution < -0.4 is 0 Å². The van der Waals surface area contributed by atoms with Crippen LogP contribution in [0.5, 0.6) is 0 Å². The zero-order chi connectivity index (χ0) is 57.1. The van der Waals surface area contributed by atoms with E-state index < -0.39 is 6.10 Å². The van der Waals surface area contributed by atoms with Crippen molar-refractivity contribution >= 4 is 17.9 Å². The molecule has 1 atom stereocenters. The van der Waals surface area contributed by atoms with Gasteiger partial charge < -0.3 is 14.2 Å². The minimum Gasteiger partial charge on any atom is -0.462 e. The molecule has 79 heavy (non-hydrogen) atoms. The summed E-state index contributed by atoms with van der Waals surface area (Å²) in [5.41, 5.74) is 0. The maximum Gasteiger partial charge on any atom is 0.306 e. The Balaban J connectivity index is 4.27. The van der Waals surface area contributed by atoms with E-state index in [-0.39, 0.29) is 31.1 Å². The highest BCUT2D eigenvalue weighted by Crippen LogP contribution is 2.19. The highest BCUT2D eigenvalue weighted by molar-refractivity contribution is 5.71. The number of carbonyl (C=O) groups is 3. The van der Waals surface area contributed by atoms with Crippen LogP contribution in [0.4, 0.5) is 0 Å². The second-order valence-electron chi connectivity index (χ2n) is 24.2. The molecule has 6 nitrogen and oxygen atoms in total. The third-order valence-corrected chi connectivity index (χ3v) is 16.1. The summed E-state index contributed by atoms with van der Waals surface area (Å²) in [6.45, 7) is 6.70. The van der Waals surface area contributed by atoms with Crippen molar-refractivity contribution < 1.29 is 28.6 Å². The lowest BCUT2D eigenvalue weighted by Gasteiger charge is -2.18. The van der Waals surface area contributed by atoms with Gasteiger partial charge in [0.25, 0.3) is 0 Å². The summed E-state index contributed by atoms with van der Waals surface area (Å²) in [6.07, 6.45) is 84.5. The summed E-state index contributed by atoms with van der Waals surface area (Å²) in [5, 5.41) is 0. The van der Waals surface area contributed by atoms with Crippen molar-refractivity contribution in [1.29, 1.82) is 0 Å². The smallest absolute Gasteiger partial charge is 0.306 e. The molecule has 6 heteroatoms. The van der Waals surface area contributed by atoms with Crippen molar-refractivity contribution in [2.45, 2.75) is 399 Å². The molecule has 464 valence electrons. The van der Waals surface area contributed by atoms with Gasteiger partial charge in [0, 0.05) is 19.3 Å². The van der Waals surface area contributed by atoms with Crippen molar-refractivity contribution in [3.8, 4) is 0 Å². The molecule has 0 aliphatic carbocycles. The quantitative estimate of drug-likeness (QED) is 0.0261. The van der Waals surface area contributed by atoms with E-state index in [1.807, 2.05) is 0 Å². The maximum absolute atomic E-state index is 13.0. The van der Waals surface area contributed by atoms with Crippen molar-refractivity contribution in [3.63, 3.8) is 0 Å². The first-order valence-electron chi connectivity index (χ1n) is 35.5. The molecule has 0 aliphatic rings. The summed E-state index contributed by atoms with van der Waals surface area (Å²) < 4.78 is 17.0. The molecule has 0 saturated heterocycles. The van der Waals surface area contributed by atoms with E-state index >= 15 is 0 Å². The minimum absolute atomic E-state index is 0.0693. The number of ether oxygens (including phenoxy) is 3. The molecule has 0 rings (SSSR count). The highest BCUT2D eigenvalue weighted by atomic mass is 16.6. The van der Waals surface area contributed by atoms with Crippen molar-refractivity contribution in [1.82, 2.24) is 0 Å². The van der Waals surface area contributed by atoms with Gasteiger partial charge in [-0.25, -0.2) is 0 Å². The average Bonchev–Trinajstić information content (AvgIpc) is 3.45. The Morgan fingerprint density at radius 2 is 0.456 bits per heavy atom. The van der Waals surface area contributed by atoms with Crippen LogP contribution in [0, 0.1) is 0 Å². The van der Waals surface area contributed by atoms with Crippen molar-refractivity contribution in [3.05, 3.63) is 36.5 Å². The van der Waals surface area contributed by atoms with Crippen LogP contribution in [-0.2, 0) is 28.6 Å². The summed E-state index contributed by atoms with van der Waals surface area (Å²) in [7, 11) is 0. The van der Waals surface area contributed by atoms with E-state index in [9.17, 15) is 14.4 Å². The summed E-state index contributed by atoms with van der Waals surface area (Å²) in [6, 6.07) is 0. The van der Waals surface area contributed by atoms with Gasteiger partial charge in [0.05, 0.1) is 0 Å². The SMILES string of the molecule is CCCCCCC/C=C\C/C=C\C/C=C\CCCCCCCCCCC(=O)OC(COC(=O)CCCCCCCCCCCCCCCC)COC(=O)CCCCCCCCCCCCCCCCCCCCCCCCCC. The fourth-order valence-corrected chi connectivity index (χ4v) is 10.8. The lowest BCUT2D eigenvalue weighted by molar-refractivity contribution is -0.167. The Morgan fingerprint density at radius 1 is 0.253 bits per heavy atom. The van der Waals surface area contributed by atoms with Crippen LogP contribution in [-0.4, -0.2) is 37.2 Å². The largest absolute Gasteiger partial charge is 0.462 e. The molecular weight excluding hydrogens is 973 g/mol. The molecular formula is C73H136O6. The van der Waals surface area contributed by atoms with E-state index in [2.05, 4.69) is 57.2 Å². The van der Waals surface area contributed by atoms with Crippen molar-refractivity contribution in [2.24, 2.45) is 0 Å². The summed E-state index contributed by atoms with van der Waals surface area (Å²) in [5.74, 6) is -0.846. The number of carbonyl (C=O) groups excluding carboxylic acids is 3. The van der Waals surface area contributed by atoms with E-state index in [4.69, 9.17) is 14.2 Å². The van der Waals surface area contributed by atoms with E-state index in [1.54, 1.807) is 0 Å². The molecule has 0 aromatic heterocycles. The topological polar surface area (TPSA) is 78.9 Å². The first-order valence-corrected chi connectivity index (χ1v) is 35.5. The monoisotopic (exact) mass is 1110 g/mol. The van der Waals surface area contributed by atoms with Gasteiger partial charge in [-0.3, -0.25) is 14.4 Å².